The van der Waals surface area contributed by atoms with Gasteiger partial charge in [-0.2, -0.15) is 0 Å². The van der Waals surface area contributed by atoms with Gasteiger partial charge in [-0.15, -0.1) is 0 Å². The van der Waals surface area contributed by atoms with Crippen LogP contribution < -0.4 is 5.30 Å². The van der Waals surface area contributed by atoms with Crippen molar-refractivity contribution < 1.29 is 14.4 Å². The van der Waals surface area contributed by atoms with Crippen LogP contribution in [0.5, 0.6) is 0 Å². The van der Waals surface area contributed by atoms with E-state index < -0.39 is 7.60 Å². The molecule has 0 saturated carbocycles. The van der Waals surface area contributed by atoms with Gasteiger partial charge in [0.1, 0.15) is 0 Å². The molecule has 0 heterocycles. The van der Waals surface area contributed by atoms with Crippen molar-refractivity contribution >= 4 is 12.9 Å². The molecule has 1 rings (SSSR count). The highest BCUT2D eigenvalue weighted by molar-refractivity contribution is 7.60. The van der Waals surface area contributed by atoms with E-state index in [1.54, 1.807) is 6.07 Å². The summed E-state index contributed by atoms with van der Waals surface area (Å²) in [4.78, 5) is 18.8. The Kier molecular flexibility index (Phi) is 4.69. The van der Waals surface area contributed by atoms with Crippen LogP contribution in [0.25, 0.3) is 0 Å². The molecule has 0 saturated heterocycles. The molecular formula is C14H19O3P. The second-order valence-electron chi connectivity index (χ2n) is 4.73. The number of rotatable bonds is 5. The third kappa shape index (κ3) is 3.95. The van der Waals surface area contributed by atoms with Crippen molar-refractivity contribution in [2.45, 2.75) is 26.7 Å². The summed E-state index contributed by atoms with van der Waals surface area (Å²) in [7, 11) is -4.25. The Morgan fingerprint density at radius 2 is 1.72 bits per heavy atom. The predicted octanol–water partition coefficient (Wildman–Crippen LogP) is 2.73. The lowest BCUT2D eigenvalue weighted by atomic mass is 9.97. The summed E-state index contributed by atoms with van der Waals surface area (Å²) in [5.41, 5.74) is 3.42. The van der Waals surface area contributed by atoms with E-state index in [2.05, 4.69) is 13.2 Å². The topological polar surface area (TPSA) is 57.5 Å². The highest BCUT2D eigenvalue weighted by atomic mass is 31.2. The molecule has 0 aliphatic rings. The van der Waals surface area contributed by atoms with Crippen molar-refractivity contribution in [3.8, 4) is 0 Å². The van der Waals surface area contributed by atoms with Crippen LogP contribution >= 0.6 is 7.60 Å². The van der Waals surface area contributed by atoms with Crippen LogP contribution in [0, 0.1) is 0 Å². The van der Waals surface area contributed by atoms with Crippen molar-refractivity contribution in [2.24, 2.45) is 0 Å². The smallest absolute Gasteiger partial charge is 0.321 e. The monoisotopic (exact) mass is 266 g/mol. The third-order valence-electron chi connectivity index (χ3n) is 2.53. The molecule has 0 fully saturated rings. The van der Waals surface area contributed by atoms with Crippen LogP contribution in [0.15, 0.2) is 42.5 Å². The summed E-state index contributed by atoms with van der Waals surface area (Å²) < 4.78 is 11.5. The van der Waals surface area contributed by atoms with Gasteiger partial charge in [-0.25, -0.2) is 0 Å². The van der Waals surface area contributed by atoms with E-state index in [9.17, 15) is 14.4 Å². The lowest BCUT2D eigenvalue weighted by molar-refractivity contribution is 0.387. The Bertz CT molecular complexity index is 526. The summed E-state index contributed by atoms with van der Waals surface area (Å²) in [6.45, 7) is 11.4. The zero-order valence-corrected chi connectivity index (χ0v) is 11.7. The van der Waals surface area contributed by atoms with Crippen LogP contribution in [-0.4, -0.2) is 9.79 Å². The summed E-state index contributed by atoms with van der Waals surface area (Å²) in [5, 5.41) is 0.101. The maximum absolute atomic E-state index is 11.5. The molecule has 0 bridgehead atoms. The lowest BCUT2D eigenvalue weighted by Gasteiger charge is -2.16. The second kappa shape index (κ2) is 5.66. The summed E-state index contributed by atoms with van der Waals surface area (Å²) in [6, 6.07) is 5.04. The summed E-state index contributed by atoms with van der Waals surface area (Å²) in [5.74, 6) is 0. The van der Waals surface area contributed by atoms with Gasteiger partial charge in [0, 0.05) is 0 Å². The summed E-state index contributed by atoms with van der Waals surface area (Å²) in [6.07, 6.45) is 1.10. The van der Waals surface area contributed by atoms with Gasteiger partial charge >= 0.3 is 7.60 Å². The van der Waals surface area contributed by atoms with E-state index >= 15 is 0 Å². The maximum atomic E-state index is 11.5. The van der Waals surface area contributed by atoms with Gasteiger partial charge in [0.2, 0.25) is 0 Å². The van der Waals surface area contributed by atoms with Crippen molar-refractivity contribution in [3.63, 3.8) is 0 Å². The van der Waals surface area contributed by atoms with E-state index in [-0.39, 0.29) is 5.30 Å². The molecular weight excluding hydrogens is 247 g/mol. The molecule has 0 amide bonds. The Balaban J connectivity index is 3.39. The molecule has 0 aliphatic carbocycles. The van der Waals surface area contributed by atoms with E-state index in [1.165, 1.54) is 6.07 Å². The first kappa shape index (κ1) is 14.9. The molecule has 2 N–H and O–H groups in total. The Labute approximate surface area is 108 Å². The number of hydrogen-bond donors (Lipinski definition) is 2. The minimum absolute atomic E-state index is 0.101. The fraction of sp³-hybridized carbons (Fsp3) is 0.286. The largest absolute Gasteiger partial charge is 0.356 e. The minimum Gasteiger partial charge on any atom is -0.321 e. The van der Waals surface area contributed by atoms with Gasteiger partial charge in [-0.3, -0.25) is 4.57 Å². The van der Waals surface area contributed by atoms with Crippen LogP contribution in [0.3, 0.4) is 0 Å². The fourth-order valence-electron chi connectivity index (χ4n) is 1.89. The van der Waals surface area contributed by atoms with Crippen LogP contribution in [-0.2, 0) is 17.4 Å². The van der Waals surface area contributed by atoms with Gasteiger partial charge in [0.15, 0.2) is 0 Å². The van der Waals surface area contributed by atoms with Crippen LogP contribution in [0.4, 0.5) is 0 Å². The van der Waals surface area contributed by atoms with E-state index in [4.69, 9.17) is 0 Å². The van der Waals surface area contributed by atoms with Gasteiger partial charge in [0.05, 0.1) is 5.30 Å². The van der Waals surface area contributed by atoms with Crippen molar-refractivity contribution in [1.29, 1.82) is 0 Å². The highest BCUT2D eigenvalue weighted by Crippen LogP contribution is 2.36. The quantitative estimate of drug-likeness (QED) is 0.636. The molecule has 0 unspecified atom stereocenters. The molecule has 98 valence electrons. The van der Waals surface area contributed by atoms with E-state index in [0.717, 1.165) is 16.7 Å². The first-order valence-corrected chi connectivity index (χ1v) is 7.28. The molecule has 3 nitrogen and oxygen atoms in total. The Hall–Kier alpha value is -1.15. The van der Waals surface area contributed by atoms with Gasteiger partial charge < -0.3 is 9.79 Å². The minimum atomic E-state index is -4.25. The van der Waals surface area contributed by atoms with Crippen LogP contribution in [0.2, 0.25) is 0 Å². The van der Waals surface area contributed by atoms with Crippen molar-refractivity contribution in [3.05, 3.63) is 53.6 Å². The zero-order valence-electron chi connectivity index (χ0n) is 10.8. The molecule has 1 aromatic carbocycles. The van der Waals surface area contributed by atoms with E-state index in [0.29, 0.717) is 18.4 Å². The summed E-state index contributed by atoms with van der Waals surface area (Å²) >= 11 is 0. The molecule has 0 radical (unpaired) electrons. The average Bonchev–Trinajstić information content (AvgIpc) is 2.17. The van der Waals surface area contributed by atoms with Crippen LogP contribution in [0.1, 0.15) is 25.0 Å². The third-order valence-corrected chi connectivity index (χ3v) is 3.58. The first-order valence-electron chi connectivity index (χ1n) is 5.67. The number of allylic oxidation sites excluding steroid dienone is 2. The van der Waals surface area contributed by atoms with Crippen molar-refractivity contribution in [2.75, 3.05) is 0 Å². The average molecular weight is 266 g/mol. The number of benzene rings is 1. The molecule has 18 heavy (non-hydrogen) atoms. The molecule has 0 atom stereocenters. The van der Waals surface area contributed by atoms with E-state index in [1.807, 2.05) is 19.9 Å². The SMILES string of the molecule is C=C(C)Cc1cccc(P(=O)(O)O)c1CC(=C)C. The van der Waals surface area contributed by atoms with Crippen molar-refractivity contribution in [1.82, 2.24) is 0 Å². The molecule has 1 aromatic rings. The zero-order chi connectivity index (χ0) is 13.9. The predicted molar refractivity (Wildman–Crippen MR) is 75.2 cm³/mol. The number of hydrogen-bond acceptors (Lipinski definition) is 1. The first-order chi connectivity index (χ1) is 8.21. The van der Waals surface area contributed by atoms with Gasteiger partial charge in [-0.1, -0.05) is 36.4 Å². The molecule has 0 aliphatic heterocycles. The molecule has 4 heteroatoms. The van der Waals surface area contributed by atoms with Gasteiger partial charge in [-0.05, 0) is 43.9 Å². The lowest BCUT2D eigenvalue weighted by Crippen LogP contribution is -2.14. The second-order valence-corrected chi connectivity index (χ2v) is 6.30. The normalized spacial score (nSPS) is 11.3. The van der Waals surface area contributed by atoms with Gasteiger partial charge in [0.25, 0.3) is 0 Å². The maximum Gasteiger partial charge on any atom is 0.356 e. The Morgan fingerprint density at radius 1 is 1.17 bits per heavy atom. The Morgan fingerprint density at radius 3 is 2.17 bits per heavy atom. The molecule has 0 aromatic heterocycles. The molecule has 0 spiro atoms. The standard InChI is InChI=1S/C14H19O3P/c1-10(2)8-12-6-5-7-14(18(15,16)17)13(12)9-11(3)4/h5-7H,1,3,8-9H2,2,4H3,(H2,15,16,17). The fourth-order valence-corrected chi connectivity index (χ4v) is 2.75. The highest BCUT2D eigenvalue weighted by Gasteiger charge is 2.23.